The molecule has 31 heavy (non-hydrogen) atoms. The smallest absolute Gasteiger partial charge is 0.332 e. The van der Waals surface area contributed by atoms with E-state index in [4.69, 9.17) is 21.1 Å². The molecule has 1 aliphatic heterocycles. The van der Waals surface area contributed by atoms with Gasteiger partial charge in [0.05, 0.1) is 17.2 Å². The molecular formula is C20H25ClN2O8. The van der Waals surface area contributed by atoms with Crippen molar-refractivity contribution in [3.05, 3.63) is 23.8 Å². The number of aromatic hydroxyl groups is 1. The van der Waals surface area contributed by atoms with E-state index >= 15 is 0 Å². The maximum absolute atomic E-state index is 12.7. The topological polar surface area (TPSA) is 151 Å². The standard InChI is InChI=1S/C20H25ClN2O8/c1-10-15(23-18(27)12-5-3-7-14(17(12)26)22-9-24)20(29)31-11(2)16(25)13(6-4-8-21)19(28)30-10/h3,5,7,9-11,13,15-16,25-26H,4,6,8H2,1-2H3,(H,22,24)(H,23,27)/t10-,11+,13-,15+,16+/m1/s1. The Kier molecular flexibility index (Phi) is 8.64. The third-order valence-electron chi connectivity index (χ3n) is 4.95. The van der Waals surface area contributed by atoms with E-state index in [1.807, 2.05) is 0 Å². The van der Waals surface area contributed by atoms with Crippen molar-refractivity contribution in [1.29, 1.82) is 0 Å². The highest BCUT2D eigenvalue weighted by Crippen LogP contribution is 2.27. The summed E-state index contributed by atoms with van der Waals surface area (Å²) in [4.78, 5) is 48.6. The van der Waals surface area contributed by atoms with Crippen LogP contribution in [0.4, 0.5) is 5.69 Å². The number of ether oxygens (including phenoxy) is 2. The summed E-state index contributed by atoms with van der Waals surface area (Å²) in [6.07, 6.45) is -2.47. The summed E-state index contributed by atoms with van der Waals surface area (Å²) in [7, 11) is 0. The summed E-state index contributed by atoms with van der Waals surface area (Å²) < 4.78 is 10.6. The van der Waals surface area contributed by atoms with Gasteiger partial charge in [0, 0.05) is 5.88 Å². The Bertz CT molecular complexity index is 833. The normalized spacial score (nSPS) is 26.5. The predicted octanol–water partition coefficient (Wildman–Crippen LogP) is 0.932. The Morgan fingerprint density at radius 2 is 1.87 bits per heavy atom. The summed E-state index contributed by atoms with van der Waals surface area (Å²) in [5, 5.41) is 25.3. The molecule has 0 aliphatic carbocycles. The maximum atomic E-state index is 12.7. The zero-order valence-corrected chi connectivity index (χ0v) is 17.8. The van der Waals surface area contributed by atoms with Gasteiger partial charge in [0.1, 0.15) is 18.3 Å². The number of esters is 2. The zero-order valence-electron chi connectivity index (χ0n) is 17.0. The second-order valence-corrected chi connectivity index (χ2v) is 7.51. The van der Waals surface area contributed by atoms with Crippen molar-refractivity contribution < 1.29 is 38.9 Å². The van der Waals surface area contributed by atoms with Gasteiger partial charge in [-0.2, -0.15) is 0 Å². The summed E-state index contributed by atoms with van der Waals surface area (Å²) in [5.74, 6) is -3.69. The van der Waals surface area contributed by atoms with Gasteiger partial charge in [-0.3, -0.25) is 14.4 Å². The summed E-state index contributed by atoms with van der Waals surface area (Å²) in [6.45, 7) is 2.83. The lowest BCUT2D eigenvalue weighted by molar-refractivity contribution is -0.160. The fourth-order valence-corrected chi connectivity index (χ4v) is 3.37. The molecular weight excluding hydrogens is 432 g/mol. The number of phenols is 1. The number of benzene rings is 1. The van der Waals surface area contributed by atoms with E-state index in [2.05, 4.69) is 10.6 Å². The van der Waals surface area contributed by atoms with Gasteiger partial charge in [-0.05, 0) is 38.8 Å². The summed E-state index contributed by atoms with van der Waals surface area (Å²) in [6, 6.07) is 2.68. The molecule has 1 fully saturated rings. The Balaban J connectivity index is 2.27. The largest absolute Gasteiger partial charge is 0.505 e. The number of carbonyl (C=O) groups excluding carboxylic acids is 4. The van der Waals surface area contributed by atoms with Crippen LogP contribution in [0, 0.1) is 5.92 Å². The average Bonchev–Trinajstić information content (AvgIpc) is 2.74. The first-order valence-corrected chi connectivity index (χ1v) is 10.2. The van der Waals surface area contributed by atoms with Gasteiger partial charge in [-0.25, -0.2) is 4.79 Å². The molecule has 0 radical (unpaired) electrons. The van der Waals surface area contributed by atoms with Crippen molar-refractivity contribution in [3.8, 4) is 5.75 Å². The van der Waals surface area contributed by atoms with Gasteiger partial charge in [0.25, 0.3) is 5.91 Å². The molecule has 4 N–H and O–H groups in total. The van der Waals surface area contributed by atoms with E-state index in [9.17, 15) is 29.4 Å². The fraction of sp³-hybridized carbons (Fsp3) is 0.500. The van der Waals surface area contributed by atoms with Crippen LogP contribution in [0.5, 0.6) is 5.75 Å². The van der Waals surface area contributed by atoms with E-state index in [1.165, 1.54) is 32.0 Å². The molecule has 5 atom stereocenters. The van der Waals surface area contributed by atoms with Crippen LogP contribution in [0.2, 0.25) is 0 Å². The quantitative estimate of drug-likeness (QED) is 0.205. The fourth-order valence-electron chi connectivity index (χ4n) is 3.21. The third kappa shape index (κ3) is 5.86. The van der Waals surface area contributed by atoms with Crippen LogP contribution >= 0.6 is 11.6 Å². The second kappa shape index (κ2) is 11.0. The number of halogens is 1. The van der Waals surface area contributed by atoms with Crippen molar-refractivity contribution in [3.63, 3.8) is 0 Å². The highest BCUT2D eigenvalue weighted by atomic mass is 35.5. The molecule has 11 heteroatoms. The molecule has 1 aromatic rings. The van der Waals surface area contributed by atoms with Gasteiger partial charge >= 0.3 is 11.9 Å². The Morgan fingerprint density at radius 3 is 2.52 bits per heavy atom. The molecule has 1 aliphatic rings. The van der Waals surface area contributed by atoms with Crippen molar-refractivity contribution in [2.75, 3.05) is 11.2 Å². The lowest BCUT2D eigenvalue weighted by Crippen LogP contribution is -2.50. The van der Waals surface area contributed by atoms with Crippen LogP contribution < -0.4 is 10.6 Å². The Morgan fingerprint density at radius 1 is 1.19 bits per heavy atom. The number of hydrogen-bond acceptors (Lipinski definition) is 8. The van der Waals surface area contributed by atoms with E-state index in [0.717, 1.165) is 0 Å². The van der Waals surface area contributed by atoms with Crippen molar-refractivity contribution >= 4 is 41.5 Å². The highest BCUT2D eigenvalue weighted by molar-refractivity contribution is 6.17. The number of para-hydroxylation sites is 1. The molecule has 0 saturated carbocycles. The van der Waals surface area contributed by atoms with Gasteiger partial charge < -0.3 is 30.3 Å². The zero-order chi connectivity index (χ0) is 23.1. The van der Waals surface area contributed by atoms with Gasteiger partial charge in [-0.15, -0.1) is 11.6 Å². The third-order valence-corrected chi connectivity index (χ3v) is 5.22. The monoisotopic (exact) mass is 456 g/mol. The van der Waals surface area contributed by atoms with Crippen LogP contribution in [0.25, 0.3) is 0 Å². The minimum Gasteiger partial charge on any atom is -0.505 e. The van der Waals surface area contributed by atoms with E-state index in [0.29, 0.717) is 12.8 Å². The van der Waals surface area contributed by atoms with Gasteiger partial charge in [0.15, 0.2) is 11.8 Å². The van der Waals surface area contributed by atoms with Crippen LogP contribution in [-0.4, -0.2) is 64.7 Å². The van der Waals surface area contributed by atoms with Crippen molar-refractivity contribution in [2.45, 2.75) is 51.0 Å². The molecule has 0 unspecified atom stereocenters. The molecule has 1 heterocycles. The number of rotatable bonds is 7. The first-order valence-electron chi connectivity index (χ1n) is 9.69. The van der Waals surface area contributed by atoms with Gasteiger partial charge in [0.2, 0.25) is 6.41 Å². The van der Waals surface area contributed by atoms with E-state index in [-0.39, 0.29) is 23.6 Å². The predicted molar refractivity (Wildman–Crippen MR) is 110 cm³/mol. The first kappa shape index (κ1) is 24.4. The number of aliphatic hydroxyl groups excluding tert-OH is 1. The molecule has 170 valence electrons. The molecule has 10 nitrogen and oxygen atoms in total. The second-order valence-electron chi connectivity index (χ2n) is 7.13. The van der Waals surface area contributed by atoms with E-state index < -0.39 is 53.9 Å². The first-order chi connectivity index (χ1) is 14.7. The summed E-state index contributed by atoms with van der Waals surface area (Å²) >= 11 is 5.68. The number of cyclic esters (lactones) is 2. The SMILES string of the molecule is C[C@@H]1OC(=O)[C@@H](NC(=O)c2cccc(NC=O)c2O)[C@@H](C)OC(=O)[C@H](CCCCl)[C@H]1O. The lowest BCUT2D eigenvalue weighted by Gasteiger charge is -2.24. The molecule has 0 aromatic heterocycles. The number of aliphatic hydroxyl groups is 1. The number of hydrogen-bond donors (Lipinski definition) is 4. The lowest BCUT2D eigenvalue weighted by atomic mass is 9.94. The molecule has 2 rings (SSSR count). The number of alkyl halides is 1. The number of carbonyl (C=O) groups is 4. The Labute approximate surface area is 183 Å². The van der Waals surface area contributed by atoms with Gasteiger partial charge in [-0.1, -0.05) is 6.07 Å². The van der Waals surface area contributed by atoms with Crippen molar-refractivity contribution in [2.24, 2.45) is 5.92 Å². The molecule has 1 saturated heterocycles. The summed E-state index contributed by atoms with van der Waals surface area (Å²) in [5.41, 5.74) is -0.218. The van der Waals surface area contributed by atoms with Crippen LogP contribution in [0.15, 0.2) is 18.2 Å². The average molecular weight is 457 g/mol. The van der Waals surface area contributed by atoms with E-state index in [1.54, 1.807) is 0 Å². The van der Waals surface area contributed by atoms with Crippen molar-refractivity contribution in [1.82, 2.24) is 5.32 Å². The molecule has 1 aromatic carbocycles. The number of phenolic OH excluding ortho intramolecular Hbond substituents is 1. The molecule has 2 amide bonds. The maximum Gasteiger partial charge on any atom is 0.332 e. The Hall–Kier alpha value is -2.85. The number of anilines is 1. The number of amides is 2. The highest BCUT2D eigenvalue weighted by Gasteiger charge is 2.41. The van der Waals surface area contributed by atoms with Crippen LogP contribution in [-0.2, 0) is 23.9 Å². The minimum atomic E-state index is -1.40. The van der Waals surface area contributed by atoms with Crippen LogP contribution in [0.3, 0.4) is 0 Å². The number of nitrogens with one attached hydrogen (secondary N) is 2. The molecule has 0 spiro atoms. The van der Waals surface area contributed by atoms with Crippen LogP contribution in [0.1, 0.15) is 37.0 Å². The minimum absolute atomic E-state index is 0.00181. The molecule has 0 bridgehead atoms.